The first-order valence-corrected chi connectivity index (χ1v) is 6.55. The molecular formula is C16H15NO3. The molecule has 0 spiro atoms. The number of carboxylic acid groups (broad SMARTS) is 1. The average Bonchev–Trinajstić information content (AvgIpc) is 2.79. The van der Waals surface area contributed by atoms with Crippen LogP contribution in [0.5, 0.6) is 0 Å². The number of nitrogens with zero attached hydrogens (tertiary/aromatic N) is 1. The first-order valence-electron chi connectivity index (χ1n) is 6.55. The van der Waals surface area contributed by atoms with Crippen molar-refractivity contribution in [1.82, 2.24) is 4.57 Å². The topological polar surface area (TPSA) is 62.5 Å². The van der Waals surface area contributed by atoms with Gasteiger partial charge in [0.05, 0.1) is 0 Å². The molecule has 0 bridgehead atoms. The predicted molar refractivity (Wildman–Crippen MR) is 77.7 cm³/mol. The summed E-state index contributed by atoms with van der Waals surface area (Å²) in [6.45, 7) is 2.91. The van der Waals surface area contributed by atoms with Gasteiger partial charge in [-0.1, -0.05) is 24.3 Å². The van der Waals surface area contributed by atoms with Crippen molar-refractivity contribution in [2.75, 3.05) is 0 Å². The van der Waals surface area contributed by atoms with Crippen LogP contribution < -0.4 is 0 Å². The summed E-state index contributed by atoms with van der Waals surface area (Å²) in [7, 11) is 0. The van der Waals surface area contributed by atoms with Crippen molar-refractivity contribution in [1.29, 1.82) is 0 Å². The molecule has 2 aromatic carbocycles. The fourth-order valence-corrected chi connectivity index (χ4v) is 2.72. The number of para-hydroxylation sites is 1. The van der Waals surface area contributed by atoms with E-state index in [9.17, 15) is 9.90 Å². The second-order valence-corrected chi connectivity index (χ2v) is 4.78. The highest BCUT2D eigenvalue weighted by Gasteiger charge is 2.18. The van der Waals surface area contributed by atoms with Gasteiger partial charge in [-0.3, -0.25) is 0 Å². The number of fused-ring (bicyclic) bond motifs is 3. The number of hydrogen-bond donors (Lipinski definition) is 2. The van der Waals surface area contributed by atoms with Crippen LogP contribution in [0, 0.1) is 0 Å². The highest BCUT2D eigenvalue weighted by molar-refractivity contribution is 6.08. The molecule has 4 nitrogen and oxygen atoms in total. The molecule has 2 N–H and O–H groups in total. The Kier molecular flexibility index (Phi) is 2.95. The summed E-state index contributed by atoms with van der Waals surface area (Å²) < 4.78 is 2.18. The Hall–Kier alpha value is -2.33. The smallest absolute Gasteiger partial charge is 0.337 e. The second kappa shape index (κ2) is 4.65. The van der Waals surface area contributed by atoms with Crippen LogP contribution in [-0.4, -0.2) is 20.7 Å². The summed E-state index contributed by atoms with van der Waals surface area (Å²) in [5.74, 6) is -1.23. The van der Waals surface area contributed by atoms with Crippen LogP contribution in [0.3, 0.4) is 0 Å². The standard InChI is InChI=1S/C16H15NO3/c1-2-17-13-6-4-3-5-11(13)12-9-10(7-8-14(12)17)15(18)16(19)20/h3-9,15,18H,2H2,1H3,(H,19,20). The molecule has 0 saturated heterocycles. The van der Waals surface area contributed by atoms with Gasteiger partial charge in [0.1, 0.15) is 0 Å². The maximum Gasteiger partial charge on any atom is 0.337 e. The van der Waals surface area contributed by atoms with E-state index in [2.05, 4.69) is 11.5 Å². The summed E-state index contributed by atoms with van der Waals surface area (Å²) >= 11 is 0. The number of aromatic nitrogens is 1. The van der Waals surface area contributed by atoms with Gasteiger partial charge in [-0.05, 0) is 30.7 Å². The van der Waals surface area contributed by atoms with Gasteiger partial charge >= 0.3 is 5.97 Å². The number of benzene rings is 2. The first kappa shape index (κ1) is 12.7. The van der Waals surface area contributed by atoms with E-state index in [-0.39, 0.29) is 0 Å². The third-order valence-corrected chi connectivity index (χ3v) is 3.66. The zero-order valence-corrected chi connectivity index (χ0v) is 11.1. The molecule has 1 aromatic heterocycles. The Morgan fingerprint density at radius 1 is 1.15 bits per heavy atom. The molecule has 20 heavy (non-hydrogen) atoms. The zero-order chi connectivity index (χ0) is 14.3. The highest BCUT2D eigenvalue weighted by Crippen LogP contribution is 2.31. The van der Waals surface area contributed by atoms with Crippen molar-refractivity contribution in [3.63, 3.8) is 0 Å². The van der Waals surface area contributed by atoms with Gasteiger partial charge < -0.3 is 14.8 Å². The number of rotatable bonds is 3. The highest BCUT2D eigenvalue weighted by atomic mass is 16.4. The SMILES string of the molecule is CCn1c2ccccc2c2cc(C(O)C(=O)O)ccc21. The number of aryl methyl sites for hydroxylation is 1. The van der Waals surface area contributed by atoms with E-state index < -0.39 is 12.1 Å². The van der Waals surface area contributed by atoms with E-state index in [1.54, 1.807) is 12.1 Å². The minimum atomic E-state index is -1.48. The monoisotopic (exact) mass is 269 g/mol. The fraction of sp³-hybridized carbons (Fsp3) is 0.188. The minimum Gasteiger partial charge on any atom is -0.479 e. The third-order valence-electron chi connectivity index (χ3n) is 3.66. The summed E-state index contributed by atoms with van der Waals surface area (Å²) in [4.78, 5) is 10.9. The normalized spacial score (nSPS) is 12.9. The molecule has 1 atom stereocenters. The summed E-state index contributed by atoms with van der Waals surface area (Å²) in [6.07, 6.45) is -1.48. The number of carbonyl (C=O) groups is 1. The van der Waals surface area contributed by atoms with Crippen LogP contribution >= 0.6 is 0 Å². The van der Waals surface area contributed by atoms with Gasteiger partial charge in [0.25, 0.3) is 0 Å². The molecular weight excluding hydrogens is 254 g/mol. The van der Waals surface area contributed by atoms with Crippen LogP contribution in [0.25, 0.3) is 21.8 Å². The lowest BCUT2D eigenvalue weighted by atomic mass is 10.1. The summed E-state index contributed by atoms with van der Waals surface area (Å²) in [5.41, 5.74) is 2.58. The molecule has 1 unspecified atom stereocenters. The minimum absolute atomic E-state index is 0.406. The Morgan fingerprint density at radius 3 is 2.55 bits per heavy atom. The quantitative estimate of drug-likeness (QED) is 0.768. The fourth-order valence-electron chi connectivity index (χ4n) is 2.72. The molecule has 0 aliphatic rings. The lowest BCUT2D eigenvalue weighted by molar-refractivity contribution is -0.146. The molecule has 3 rings (SSSR count). The zero-order valence-electron chi connectivity index (χ0n) is 11.1. The van der Waals surface area contributed by atoms with Crippen LogP contribution in [0.4, 0.5) is 0 Å². The third kappa shape index (κ3) is 1.77. The number of aliphatic carboxylic acids is 1. The van der Waals surface area contributed by atoms with E-state index in [4.69, 9.17) is 5.11 Å². The van der Waals surface area contributed by atoms with E-state index in [1.165, 1.54) is 0 Å². The number of aliphatic hydroxyl groups is 1. The van der Waals surface area contributed by atoms with Crippen molar-refractivity contribution in [2.24, 2.45) is 0 Å². The van der Waals surface area contributed by atoms with Gasteiger partial charge in [0.2, 0.25) is 0 Å². The molecule has 1 heterocycles. The van der Waals surface area contributed by atoms with E-state index in [0.29, 0.717) is 5.56 Å². The maximum absolute atomic E-state index is 10.9. The van der Waals surface area contributed by atoms with E-state index in [1.807, 2.05) is 30.3 Å². The molecule has 4 heteroatoms. The summed E-state index contributed by atoms with van der Waals surface area (Å²) in [6, 6.07) is 13.3. The molecule has 3 aromatic rings. The van der Waals surface area contributed by atoms with E-state index >= 15 is 0 Å². The van der Waals surface area contributed by atoms with Gasteiger partial charge in [-0.15, -0.1) is 0 Å². The van der Waals surface area contributed by atoms with Crippen molar-refractivity contribution in [3.05, 3.63) is 48.0 Å². The Bertz CT molecular complexity index is 804. The largest absolute Gasteiger partial charge is 0.479 e. The van der Waals surface area contributed by atoms with Crippen LogP contribution in [0.15, 0.2) is 42.5 Å². The van der Waals surface area contributed by atoms with Gasteiger partial charge in [0, 0.05) is 28.4 Å². The first-order chi connectivity index (χ1) is 9.63. The van der Waals surface area contributed by atoms with Crippen LogP contribution in [0.1, 0.15) is 18.6 Å². The lowest BCUT2D eigenvalue weighted by Crippen LogP contribution is -2.10. The molecule has 0 aliphatic carbocycles. The number of aliphatic hydroxyl groups excluding tert-OH is 1. The maximum atomic E-state index is 10.9. The Morgan fingerprint density at radius 2 is 1.85 bits per heavy atom. The molecule has 102 valence electrons. The lowest BCUT2D eigenvalue weighted by Gasteiger charge is -2.07. The van der Waals surface area contributed by atoms with Gasteiger partial charge in [-0.25, -0.2) is 4.79 Å². The van der Waals surface area contributed by atoms with E-state index in [0.717, 1.165) is 28.4 Å². The summed E-state index contributed by atoms with van der Waals surface area (Å²) in [5, 5.41) is 20.6. The molecule has 0 fully saturated rings. The van der Waals surface area contributed by atoms with Crippen molar-refractivity contribution < 1.29 is 15.0 Å². The Labute approximate surface area is 115 Å². The van der Waals surface area contributed by atoms with Crippen molar-refractivity contribution in [3.8, 4) is 0 Å². The molecule has 0 amide bonds. The van der Waals surface area contributed by atoms with Gasteiger partial charge in [0.15, 0.2) is 6.10 Å². The van der Waals surface area contributed by atoms with Crippen molar-refractivity contribution in [2.45, 2.75) is 19.6 Å². The second-order valence-electron chi connectivity index (χ2n) is 4.78. The van der Waals surface area contributed by atoms with Crippen molar-refractivity contribution >= 4 is 27.8 Å². The van der Waals surface area contributed by atoms with Gasteiger partial charge in [-0.2, -0.15) is 0 Å². The number of hydrogen-bond acceptors (Lipinski definition) is 2. The molecule has 0 radical (unpaired) electrons. The molecule has 0 saturated carbocycles. The van der Waals surface area contributed by atoms with Crippen LogP contribution in [-0.2, 0) is 11.3 Å². The number of carboxylic acids is 1. The molecule has 0 aliphatic heterocycles. The Balaban J connectivity index is 2.34. The average molecular weight is 269 g/mol. The van der Waals surface area contributed by atoms with Crippen LogP contribution in [0.2, 0.25) is 0 Å². The predicted octanol–water partition coefficient (Wildman–Crippen LogP) is 2.93.